The summed E-state index contributed by atoms with van der Waals surface area (Å²) < 4.78 is 10.4. The number of benzene rings is 2. The summed E-state index contributed by atoms with van der Waals surface area (Å²) in [6.45, 7) is 2.45. The zero-order chi connectivity index (χ0) is 15.1. The fourth-order valence-corrected chi connectivity index (χ4v) is 1.90. The van der Waals surface area contributed by atoms with Crippen LogP contribution in [0.25, 0.3) is 11.1 Å². The molecule has 0 unspecified atom stereocenters. The predicted molar refractivity (Wildman–Crippen MR) is 80.3 cm³/mol. The minimum absolute atomic E-state index is 0.233. The van der Waals surface area contributed by atoms with E-state index in [1.807, 2.05) is 36.4 Å². The number of ether oxygens (including phenoxy) is 2. The van der Waals surface area contributed by atoms with Crippen molar-refractivity contribution in [2.45, 2.75) is 13.3 Å². The molecule has 21 heavy (non-hydrogen) atoms. The van der Waals surface area contributed by atoms with Gasteiger partial charge in [0, 0.05) is 0 Å². The molecule has 0 atom stereocenters. The van der Waals surface area contributed by atoms with Crippen LogP contribution < -0.4 is 4.74 Å². The van der Waals surface area contributed by atoms with Crippen molar-refractivity contribution in [1.82, 2.24) is 0 Å². The molecule has 0 fully saturated rings. The number of rotatable bonds is 6. The maximum Gasteiger partial charge on any atom is 0.309 e. The van der Waals surface area contributed by atoms with Gasteiger partial charge in [-0.05, 0) is 42.3 Å². The number of hydrogen-bond acceptors (Lipinski definition) is 4. The van der Waals surface area contributed by atoms with Crippen LogP contribution in [0.1, 0.15) is 13.3 Å². The molecular formula is C17H18O4. The minimum atomic E-state index is -0.257. The first kappa shape index (κ1) is 14.9. The Hall–Kier alpha value is -2.49. The standard InChI is InChI=1S/C17H18O4/c1-2-20-17(19)10-11-21-16-5-3-4-14(12-16)13-6-8-15(18)9-7-13/h3-9,12,18H,2,10-11H2,1H3. The first-order valence-electron chi connectivity index (χ1n) is 6.87. The van der Waals surface area contributed by atoms with E-state index in [9.17, 15) is 9.90 Å². The highest BCUT2D eigenvalue weighted by Crippen LogP contribution is 2.25. The molecule has 0 aromatic heterocycles. The van der Waals surface area contributed by atoms with Crippen molar-refractivity contribution >= 4 is 5.97 Å². The Balaban J connectivity index is 1.98. The second-order valence-corrected chi connectivity index (χ2v) is 4.48. The molecule has 0 radical (unpaired) electrons. The van der Waals surface area contributed by atoms with Crippen molar-refractivity contribution in [3.8, 4) is 22.6 Å². The summed E-state index contributed by atoms with van der Waals surface area (Å²) in [5, 5.41) is 9.30. The van der Waals surface area contributed by atoms with Crippen molar-refractivity contribution in [3.63, 3.8) is 0 Å². The topological polar surface area (TPSA) is 55.8 Å². The highest BCUT2D eigenvalue weighted by Gasteiger charge is 2.04. The Morgan fingerprint density at radius 1 is 1.10 bits per heavy atom. The minimum Gasteiger partial charge on any atom is -0.508 e. The molecule has 0 bridgehead atoms. The third-order valence-corrected chi connectivity index (χ3v) is 2.91. The monoisotopic (exact) mass is 286 g/mol. The molecule has 0 aliphatic heterocycles. The van der Waals surface area contributed by atoms with Gasteiger partial charge in [0.15, 0.2) is 0 Å². The second-order valence-electron chi connectivity index (χ2n) is 4.48. The lowest BCUT2D eigenvalue weighted by atomic mass is 10.1. The van der Waals surface area contributed by atoms with Gasteiger partial charge in [0.2, 0.25) is 0 Å². The van der Waals surface area contributed by atoms with Gasteiger partial charge in [0.05, 0.1) is 19.6 Å². The van der Waals surface area contributed by atoms with Crippen LogP contribution in [0.4, 0.5) is 0 Å². The van der Waals surface area contributed by atoms with Gasteiger partial charge >= 0.3 is 5.97 Å². The Bertz CT molecular complexity index is 590. The van der Waals surface area contributed by atoms with E-state index in [-0.39, 0.29) is 24.7 Å². The average Bonchev–Trinajstić information content (AvgIpc) is 2.48. The molecular weight excluding hydrogens is 268 g/mol. The average molecular weight is 286 g/mol. The third-order valence-electron chi connectivity index (χ3n) is 2.91. The van der Waals surface area contributed by atoms with Crippen molar-refractivity contribution in [3.05, 3.63) is 48.5 Å². The molecule has 0 saturated carbocycles. The van der Waals surface area contributed by atoms with Gasteiger partial charge in [-0.1, -0.05) is 24.3 Å². The zero-order valence-corrected chi connectivity index (χ0v) is 11.9. The molecule has 0 heterocycles. The molecule has 0 aliphatic rings. The normalized spacial score (nSPS) is 10.1. The van der Waals surface area contributed by atoms with Gasteiger partial charge in [-0.25, -0.2) is 0 Å². The van der Waals surface area contributed by atoms with E-state index in [2.05, 4.69) is 0 Å². The molecule has 4 nitrogen and oxygen atoms in total. The van der Waals surface area contributed by atoms with Gasteiger partial charge < -0.3 is 14.6 Å². The lowest BCUT2D eigenvalue weighted by Crippen LogP contribution is -2.09. The Labute approximate surface area is 123 Å². The molecule has 0 spiro atoms. The van der Waals surface area contributed by atoms with Crippen LogP contribution in [0, 0.1) is 0 Å². The van der Waals surface area contributed by atoms with Crippen molar-refractivity contribution < 1.29 is 19.4 Å². The van der Waals surface area contributed by atoms with Gasteiger partial charge in [-0.2, -0.15) is 0 Å². The molecule has 2 aromatic carbocycles. The fourth-order valence-electron chi connectivity index (χ4n) is 1.90. The van der Waals surface area contributed by atoms with E-state index in [1.54, 1.807) is 19.1 Å². The Kier molecular flexibility index (Phi) is 5.21. The van der Waals surface area contributed by atoms with Gasteiger partial charge in [-0.3, -0.25) is 4.79 Å². The van der Waals surface area contributed by atoms with E-state index < -0.39 is 0 Å². The number of aromatic hydroxyl groups is 1. The molecule has 2 aromatic rings. The van der Waals surface area contributed by atoms with E-state index in [0.29, 0.717) is 12.4 Å². The van der Waals surface area contributed by atoms with Crippen LogP contribution >= 0.6 is 0 Å². The second kappa shape index (κ2) is 7.33. The van der Waals surface area contributed by atoms with Gasteiger partial charge in [0.1, 0.15) is 11.5 Å². The van der Waals surface area contributed by atoms with Crippen LogP contribution in [-0.2, 0) is 9.53 Å². The summed E-state index contributed by atoms with van der Waals surface area (Å²) in [6.07, 6.45) is 0.233. The van der Waals surface area contributed by atoms with E-state index in [1.165, 1.54) is 0 Å². The zero-order valence-electron chi connectivity index (χ0n) is 11.9. The molecule has 0 saturated heterocycles. The Morgan fingerprint density at radius 3 is 2.57 bits per heavy atom. The highest BCUT2D eigenvalue weighted by atomic mass is 16.5. The number of carbonyl (C=O) groups excluding carboxylic acids is 1. The number of phenolic OH excluding ortho intramolecular Hbond substituents is 1. The number of hydrogen-bond donors (Lipinski definition) is 1. The molecule has 0 aliphatic carbocycles. The molecule has 4 heteroatoms. The quantitative estimate of drug-likeness (QED) is 0.827. The van der Waals surface area contributed by atoms with Crippen LogP contribution in [0.15, 0.2) is 48.5 Å². The number of phenols is 1. The van der Waals surface area contributed by atoms with E-state index in [4.69, 9.17) is 9.47 Å². The van der Waals surface area contributed by atoms with E-state index in [0.717, 1.165) is 11.1 Å². The van der Waals surface area contributed by atoms with Crippen molar-refractivity contribution in [1.29, 1.82) is 0 Å². The number of esters is 1. The summed E-state index contributed by atoms with van der Waals surface area (Å²) in [7, 11) is 0. The van der Waals surface area contributed by atoms with Crippen LogP contribution in [0.2, 0.25) is 0 Å². The smallest absolute Gasteiger partial charge is 0.309 e. The summed E-state index contributed by atoms with van der Waals surface area (Å²) in [5.74, 6) is 0.678. The first-order chi connectivity index (χ1) is 10.2. The fraction of sp³-hybridized carbons (Fsp3) is 0.235. The summed E-state index contributed by atoms with van der Waals surface area (Å²) in [4.78, 5) is 11.2. The largest absolute Gasteiger partial charge is 0.508 e. The highest BCUT2D eigenvalue weighted by molar-refractivity contribution is 5.69. The molecule has 0 amide bonds. The third kappa shape index (κ3) is 4.53. The summed E-state index contributed by atoms with van der Waals surface area (Å²) >= 11 is 0. The SMILES string of the molecule is CCOC(=O)CCOc1cccc(-c2ccc(O)cc2)c1. The Morgan fingerprint density at radius 2 is 1.86 bits per heavy atom. The summed E-state index contributed by atoms with van der Waals surface area (Å²) in [6, 6.07) is 14.6. The number of carbonyl (C=O) groups is 1. The van der Waals surface area contributed by atoms with Crippen molar-refractivity contribution in [2.75, 3.05) is 13.2 Å². The summed E-state index contributed by atoms with van der Waals surface area (Å²) in [5.41, 5.74) is 1.98. The van der Waals surface area contributed by atoms with Gasteiger partial charge in [0.25, 0.3) is 0 Å². The first-order valence-corrected chi connectivity index (χ1v) is 6.87. The van der Waals surface area contributed by atoms with E-state index >= 15 is 0 Å². The molecule has 1 N–H and O–H groups in total. The maximum absolute atomic E-state index is 11.2. The molecule has 110 valence electrons. The lowest BCUT2D eigenvalue weighted by Gasteiger charge is -2.08. The van der Waals surface area contributed by atoms with Crippen LogP contribution in [0.3, 0.4) is 0 Å². The molecule has 2 rings (SSSR count). The lowest BCUT2D eigenvalue weighted by molar-refractivity contribution is -0.143. The van der Waals surface area contributed by atoms with Crippen molar-refractivity contribution in [2.24, 2.45) is 0 Å². The van der Waals surface area contributed by atoms with Gasteiger partial charge in [-0.15, -0.1) is 0 Å². The maximum atomic E-state index is 11.2. The predicted octanol–water partition coefficient (Wildman–Crippen LogP) is 3.39. The van der Waals surface area contributed by atoms with Crippen LogP contribution in [0.5, 0.6) is 11.5 Å². The van der Waals surface area contributed by atoms with Crippen LogP contribution in [-0.4, -0.2) is 24.3 Å².